The maximum atomic E-state index is 9.80. The van der Waals surface area contributed by atoms with Crippen molar-refractivity contribution < 1.29 is 5.11 Å². The van der Waals surface area contributed by atoms with E-state index in [1.54, 1.807) is 0 Å². The monoisotopic (exact) mass is 253 g/mol. The predicted octanol–water partition coefficient (Wildman–Crippen LogP) is 1.50. The molecule has 18 heavy (non-hydrogen) atoms. The van der Waals surface area contributed by atoms with Crippen molar-refractivity contribution in [1.29, 1.82) is 0 Å². The molecular weight excluding hydrogens is 226 g/mol. The minimum atomic E-state index is -0.119. The van der Waals surface area contributed by atoms with E-state index in [4.69, 9.17) is 0 Å². The van der Waals surface area contributed by atoms with E-state index >= 15 is 0 Å². The molecule has 2 unspecified atom stereocenters. The summed E-state index contributed by atoms with van der Waals surface area (Å²) in [5, 5.41) is 16.5. The van der Waals surface area contributed by atoms with Gasteiger partial charge < -0.3 is 15.7 Å². The van der Waals surface area contributed by atoms with Gasteiger partial charge in [-0.2, -0.15) is 0 Å². The van der Waals surface area contributed by atoms with Gasteiger partial charge in [-0.05, 0) is 38.5 Å². The normalized spacial score (nSPS) is 29.1. The highest BCUT2D eigenvalue weighted by atomic mass is 16.3. The summed E-state index contributed by atoms with van der Waals surface area (Å²) < 4.78 is 0. The standard InChI is InChI=1S/C14H27N3O/c1-2-15-14(16-9-11-5-3-6-11)17-10-12-7-4-8-13(12)18/h11-13,18H,2-10H2,1H3,(H2,15,16,17). The third kappa shape index (κ3) is 3.87. The van der Waals surface area contributed by atoms with Crippen LogP contribution < -0.4 is 10.6 Å². The van der Waals surface area contributed by atoms with E-state index in [0.717, 1.165) is 50.8 Å². The topological polar surface area (TPSA) is 56.7 Å². The summed E-state index contributed by atoms with van der Waals surface area (Å²) in [7, 11) is 0. The zero-order valence-corrected chi connectivity index (χ0v) is 11.5. The van der Waals surface area contributed by atoms with Crippen molar-refractivity contribution in [2.45, 2.75) is 51.6 Å². The number of nitrogens with one attached hydrogen (secondary N) is 2. The number of rotatable bonds is 5. The molecule has 104 valence electrons. The van der Waals surface area contributed by atoms with Crippen LogP contribution in [0.3, 0.4) is 0 Å². The summed E-state index contributed by atoms with van der Waals surface area (Å²) in [6.07, 6.45) is 7.18. The van der Waals surface area contributed by atoms with Gasteiger partial charge in [0, 0.05) is 25.6 Å². The average molecular weight is 253 g/mol. The molecule has 0 aromatic heterocycles. The van der Waals surface area contributed by atoms with E-state index in [9.17, 15) is 5.11 Å². The van der Waals surface area contributed by atoms with Gasteiger partial charge in [0.25, 0.3) is 0 Å². The van der Waals surface area contributed by atoms with E-state index in [0.29, 0.717) is 5.92 Å². The Bertz CT molecular complexity index is 276. The number of guanidine groups is 1. The average Bonchev–Trinajstić information content (AvgIpc) is 2.69. The molecule has 0 bridgehead atoms. The van der Waals surface area contributed by atoms with E-state index in [1.165, 1.54) is 19.3 Å². The molecule has 0 heterocycles. The van der Waals surface area contributed by atoms with Gasteiger partial charge in [-0.1, -0.05) is 12.8 Å². The second kappa shape index (κ2) is 6.98. The van der Waals surface area contributed by atoms with Crippen LogP contribution in [0.1, 0.15) is 45.4 Å². The Morgan fingerprint density at radius 2 is 1.94 bits per heavy atom. The van der Waals surface area contributed by atoms with Crippen LogP contribution in [-0.4, -0.2) is 36.8 Å². The Hall–Kier alpha value is -0.770. The van der Waals surface area contributed by atoms with Crippen LogP contribution in [0, 0.1) is 11.8 Å². The lowest BCUT2D eigenvalue weighted by atomic mass is 9.86. The van der Waals surface area contributed by atoms with Crippen molar-refractivity contribution in [3.8, 4) is 0 Å². The molecule has 0 aromatic carbocycles. The first kappa shape index (κ1) is 13.7. The summed E-state index contributed by atoms with van der Waals surface area (Å²) in [5.74, 6) is 2.12. The molecule has 0 radical (unpaired) electrons. The SMILES string of the molecule is CCNC(=NCC1CCC1)NCC1CCCC1O. The quantitative estimate of drug-likeness (QED) is 0.514. The van der Waals surface area contributed by atoms with E-state index in [2.05, 4.69) is 22.5 Å². The van der Waals surface area contributed by atoms with Crippen LogP contribution in [0.2, 0.25) is 0 Å². The molecular formula is C14H27N3O. The lowest BCUT2D eigenvalue weighted by Gasteiger charge is -2.24. The van der Waals surface area contributed by atoms with Crippen molar-refractivity contribution in [2.75, 3.05) is 19.6 Å². The highest BCUT2D eigenvalue weighted by Gasteiger charge is 2.25. The van der Waals surface area contributed by atoms with Gasteiger partial charge in [-0.25, -0.2) is 0 Å². The highest BCUT2D eigenvalue weighted by molar-refractivity contribution is 5.79. The summed E-state index contributed by atoms with van der Waals surface area (Å²) >= 11 is 0. The third-order valence-electron chi connectivity index (χ3n) is 4.23. The first-order valence-corrected chi connectivity index (χ1v) is 7.50. The second-order valence-corrected chi connectivity index (χ2v) is 5.66. The third-order valence-corrected chi connectivity index (χ3v) is 4.23. The zero-order valence-electron chi connectivity index (χ0n) is 11.5. The van der Waals surface area contributed by atoms with Crippen LogP contribution in [0.25, 0.3) is 0 Å². The van der Waals surface area contributed by atoms with Gasteiger partial charge in [0.05, 0.1) is 6.10 Å². The molecule has 2 fully saturated rings. The van der Waals surface area contributed by atoms with Gasteiger partial charge in [0.1, 0.15) is 0 Å². The maximum absolute atomic E-state index is 9.80. The van der Waals surface area contributed by atoms with Gasteiger partial charge in [-0.15, -0.1) is 0 Å². The zero-order chi connectivity index (χ0) is 12.8. The lowest BCUT2D eigenvalue weighted by Crippen LogP contribution is -2.41. The molecule has 2 saturated carbocycles. The molecule has 3 N–H and O–H groups in total. The van der Waals surface area contributed by atoms with Crippen molar-refractivity contribution in [3.05, 3.63) is 0 Å². The lowest BCUT2D eigenvalue weighted by molar-refractivity contribution is 0.134. The van der Waals surface area contributed by atoms with E-state index in [1.807, 2.05) is 0 Å². The summed E-state index contributed by atoms with van der Waals surface area (Å²) in [6.45, 7) is 4.77. The number of hydrogen-bond acceptors (Lipinski definition) is 2. The highest BCUT2D eigenvalue weighted by Crippen LogP contribution is 2.26. The fourth-order valence-corrected chi connectivity index (χ4v) is 2.72. The number of aliphatic hydroxyl groups excluding tert-OH is 1. The van der Waals surface area contributed by atoms with Crippen LogP contribution in [0.5, 0.6) is 0 Å². The predicted molar refractivity (Wildman–Crippen MR) is 74.7 cm³/mol. The molecule has 2 rings (SSSR count). The van der Waals surface area contributed by atoms with E-state index in [-0.39, 0.29) is 6.10 Å². The Kier molecular flexibility index (Phi) is 5.29. The Balaban J connectivity index is 1.73. The molecule has 2 aliphatic rings. The van der Waals surface area contributed by atoms with Crippen molar-refractivity contribution in [3.63, 3.8) is 0 Å². The fourth-order valence-electron chi connectivity index (χ4n) is 2.72. The largest absolute Gasteiger partial charge is 0.393 e. The number of nitrogens with zero attached hydrogens (tertiary/aromatic N) is 1. The summed E-state index contributed by atoms with van der Waals surface area (Å²) in [4.78, 5) is 4.63. The number of aliphatic imine (C=N–C) groups is 1. The molecule has 0 aromatic rings. The van der Waals surface area contributed by atoms with Gasteiger partial charge in [0.2, 0.25) is 0 Å². The minimum absolute atomic E-state index is 0.119. The second-order valence-electron chi connectivity index (χ2n) is 5.66. The Labute approximate surface area is 110 Å². The van der Waals surface area contributed by atoms with Gasteiger partial charge in [0.15, 0.2) is 5.96 Å². The molecule has 4 nitrogen and oxygen atoms in total. The Morgan fingerprint density at radius 3 is 2.50 bits per heavy atom. The van der Waals surface area contributed by atoms with Crippen LogP contribution in [0.4, 0.5) is 0 Å². The van der Waals surface area contributed by atoms with Gasteiger partial charge >= 0.3 is 0 Å². The molecule has 0 spiro atoms. The molecule has 2 atom stereocenters. The molecule has 0 saturated heterocycles. The van der Waals surface area contributed by atoms with Crippen molar-refractivity contribution in [2.24, 2.45) is 16.8 Å². The fraction of sp³-hybridized carbons (Fsp3) is 0.929. The van der Waals surface area contributed by atoms with Crippen LogP contribution in [0.15, 0.2) is 4.99 Å². The maximum Gasteiger partial charge on any atom is 0.191 e. The number of hydrogen-bond donors (Lipinski definition) is 3. The number of aliphatic hydroxyl groups is 1. The van der Waals surface area contributed by atoms with E-state index < -0.39 is 0 Å². The molecule has 0 aliphatic heterocycles. The van der Waals surface area contributed by atoms with Crippen molar-refractivity contribution >= 4 is 5.96 Å². The van der Waals surface area contributed by atoms with Crippen LogP contribution in [-0.2, 0) is 0 Å². The van der Waals surface area contributed by atoms with Crippen molar-refractivity contribution in [1.82, 2.24) is 10.6 Å². The molecule has 4 heteroatoms. The first-order valence-electron chi connectivity index (χ1n) is 7.50. The van der Waals surface area contributed by atoms with Gasteiger partial charge in [-0.3, -0.25) is 4.99 Å². The van der Waals surface area contributed by atoms with Crippen LogP contribution >= 0.6 is 0 Å². The minimum Gasteiger partial charge on any atom is -0.393 e. The summed E-state index contributed by atoms with van der Waals surface area (Å²) in [5.41, 5.74) is 0. The summed E-state index contributed by atoms with van der Waals surface area (Å²) in [6, 6.07) is 0. The first-order chi connectivity index (χ1) is 8.79. The smallest absolute Gasteiger partial charge is 0.191 e. The molecule has 2 aliphatic carbocycles. The Morgan fingerprint density at radius 1 is 1.17 bits per heavy atom. The molecule has 0 amide bonds.